The molecule has 13 heavy (non-hydrogen) atoms. The fourth-order valence-electron chi connectivity index (χ4n) is 2.62. The van der Waals surface area contributed by atoms with E-state index < -0.39 is 0 Å². The van der Waals surface area contributed by atoms with Crippen LogP contribution in [0, 0.1) is 0 Å². The van der Waals surface area contributed by atoms with Crippen LogP contribution in [0.2, 0.25) is 0 Å². The fourth-order valence-corrected chi connectivity index (χ4v) is 2.62. The quantitative estimate of drug-likeness (QED) is 0.601. The average molecular weight is 204 g/mol. The molecule has 2 aliphatic rings. The highest BCUT2D eigenvalue weighted by molar-refractivity contribution is 5.85. The standard InChI is InChI=1S/C10H17NO.ClH/c1-8-6-10(12)7-9-4-2-3-5-11(8)9;/h8-9H,2-7H2,1H3;1H/t8-,9-;/m1./s1. The van der Waals surface area contributed by atoms with Crippen LogP contribution in [0.3, 0.4) is 0 Å². The lowest BCUT2D eigenvalue weighted by atomic mass is 9.89. The summed E-state index contributed by atoms with van der Waals surface area (Å²) in [5.74, 6) is 0.477. The summed E-state index contributed by atoms with van der Waals surface area (Å²) in [4.78, 5) is 13.8. The summed E-state index contributed by atoms with van der Waals surface area (Å²) in [5, 5.41) is 0. The number of nitrogens with zero attached hydrogens (tertiary/aromatic N) is 1. The molecule has 0 spiro atoms. The minimum atomic E-state index is 0. The third-order valence-electron chi connectivity index (χ3n) is 3.23. The highest BCUT2D eigenvalue weighted by atomic mass is 35.5. The van der Waals surface area contributed by atoms with E-state index >= 15 is 0 Å². The van der Waals surface area contributed by atoms with Crippen molar-refractivity contribution in [3.05, 3.63) is 0 Å². The van der Waals surface area contributed by atoms with Gasteiger partial charge in [-0.2, -0.15) is 0 Å². The second kappa shape index (κ2) is 4.43. The van der Waals surface area contributed by atoms with Crippen molar-refractivity contribution in [1.29, 1.82) is 0 Å². The van der Waals surface area contributed by atoms with Crippen molar-refractivity contribution in [2.75, 3.05) is 6.54 Å². The molecule has 2 atom stereocenters. The molecule has 0 N–H and O–H groups in total. The molecule has 0 unspecified atom stereocenters. The highest BCUT2D eigenvalue weighted by Gasteiger charge is 2.33. The molecule has 2 fully saturated rings. The molecule has 0 amide bonds. The molecule has 0 aromatic heterocycles. The molecule has 0 aromatic rings. The van der Waals surface area contributed by atoms with Gasteiger partial charge < -0.3 is 0 Å². The Bertz CT molecular complexity index is 195. The molecule has 2 rings (SSSR count). The predicted octanol–water partition coefficient (Wildman–Crippen LogP) is 2.01. The first-order chi connectivity index (χ1) is 5.77. The Morgan fingerprint density at radius 1 is 1.31 bits per heavy atom. The number of fused-ring (bicyclic) bond motifs is 1. The van der Waals surface area contributed by atoms with Gasteiger partial charge in [-0.05, 0) is 26.3 Å². The molecule has 0 bridgehead atoms. The number of piperidine rings is 2. The van der Waals surface area contributed by atoms with Crippen LogP contribution < -0.4 is 0 Å². The minimum Gasteiger partial charge on any atom is -0.300 e. The maximum Gasteiger partial charge on any atom is 0.136 e. The monoisotopic (exact) mass is 203 g/mol. The minimum absolute atomic E-state index is 0. The third kappa shape index (κ3) is 2.23. The zero-order valence-electron chi connectivity index (χ0n) is 8.16. The lowest BCUT2D eigenvalue weighted by Gasteiger charge is -2.42. The van der Waals surface area contributed by atoms with Gasteiger partial charge in [0.1, 0.15) is 5.78 Å². The van der Waals surface area contributed by atoms with Crippen LogP contribution in [0.15, 0.2) is 0 Å². The first-order valence-corrected chi connectivity index (χ1v) is 5.05. The number of carbonyl (C=O) groups is 1. The normalized spacial score (nSPS) is 35.0. The molecular weight excluding hydrogens is 186 g/mol. The van der Waals surface area contributed by atoms with Gasteiger partial charge in [0.05, 0.1) is 0 Å². The summed E-state index contributed by atoms with van der Waals surface area (Å²) < 4.78 is 0. The van der Waals surface area contributed by atoms with Gasteiger partial charge >= 0.3 is 0 Å². The number of hydrogen-bond donors (Lipinski definition) is 0. The Morgan fingerprint density at radius 2 is 2.08 bits per heavy atom. The van der Waals surface area contributed by atoms with E-state index in [0.717, 1.165) is 12.8 Å². The van der Waals surface area contributed by atoms with Crippen molar-refractivity contribution in [2.45, 2.75) is 51.1 Å². The van der Waals surface area contributed by atoms with Gasteiger partial charge in [0, 0.05) is 24.9 Å². The molecule has 0 aliphatic carbocycles. The van der Waals surface area contributed by atoms with Gasteiger partial charge in [0.25, 0.3) is 0 Å². The van der Waals surface area contributed by atoms with Gasteiger partial charge in [-0.15, -0.1) is 12.4 Å². The van der Waals surface area contributed by atoms with Gasteiger partial charge in [-0.1, -0.05) is 6.42 Å². The van der Waals surface area contributed by atoms with Crippen molar-refractivity contribution < 1.29 is 4.79 Å². The Balaban J connectivity index is 0.000000845. The highest BCUT2D eigenvalue weighted by Crippen LogP contribution is 2.27. The summed E-state index contributed by atoms with van der Waals surface area (Å²) in [5.41, 5.74) is 0. The summed E-state index contributed by atoms with van der Waals surface area (Å²) in [6.45, 7) is 3.41. The van der Waals surface area contributed by atoms with Crippen LogP contribution in [0.25, 0.3) is 0 Å². The molecule has 0 radical (unpaired) electrons. The van der Waals surface area contributed by atoms with Crippen molar-refractivity contribution in [3.63, 3.8) is 0 Å². The average Bonchev–Trinajstić information content (AvgIpc) is 2.04. The third-order valence-corrected chi connectivity index (χ3v) is 3.23. The van der Waals surface area contributed by atoms with E-state index in [0.29, 0.717) is 17.9 Å². The maximum atomic E-state index is 11.3. The second-order valence-electron chi connectivity index (χ2n) is 4.18. The van der Waals surface area contributed by atoms with E-state index in [-0.39, 0.29) is 12.4 Å². The Morgan fingerprint density at radius 3 is 2.85 bits per heavy atom. The summed E-state index contributed by atoms with van der Waals surface area (Å²) >= 11 is 0. The van der Waals surface area contributed by atoms with Crippen LogP contribution in [0.5, 0.6) is 0 Å². The first kappa shape index (κ1) is 11.0. The molecule has 2 saturated heterocycles. The van der Waals surface area contributed by atoms with Gasteiger partial charge in [0.15, 0.2) is 0 Å². The van der Waals surface area contributed by atoms with Crippen molar-refractivity contribution in [1.82, 2.24) is 4.90 Å². The van der Waals surface area contributed by atoms with Gasteiger partial charge in [-0.3, -0.25) is 9.69 Å². The molecular formula is C10H18ClNO. The van der Waals surface area contributed by atoms with E-state index in [1.165, 1.54) is 25.8 Å². The van der Waals surface area contributed by atoms with Crippen LogP contribution in [-0.2, 0) is 4.79 Å². The lowest BCUT2D eigenvalue weighted by Crippen LogP contribution is -2.50. The molecule has 0 saturated carbocycles. The number of rotatable bonds is 0. The van der Waals surface area contributed by atoms with Crippen molar-refractivity contribution >= 4 is 18.2 Å². The SMILES string of the molecule is C[C@@H]1CC(=O)C[C@H]2CCCCN21.Cl. The summed E-state index contributed by atoms with van der Waals surface area (Å²) in [6.07, 6.45) is 5.51. The Kier molecular flexibility index (Phi) is 3.74. The fraction of sp³-hybridized carbons (Fsp3) is 0.900. The van der Waals surface area contributed by atoms with E-state index in [2.05, 4.69) is 11.8 Å². The largest absolute Gasteiger partial charge is 0.300 e. The van der Waals surface area contributed by atoms with E-state index in [1.54, 1.807) is 0 Å². The summed E-state index contributed by atoms with van der Waals surface area (Å²) in [7, 11) is 0. The summed E-state index contributed by atoms with van der Waals surface area (Å²) in [6, 6.07) is 1.10. The Hall–Kier alpha value is -0.0800. The number of Topliss-reactive ketones (excluding diaryl/α,β-unsaturated/α-hetero) is 1. The molecule has 2 nitrogen and oxygen atoms in total. The van der Waals surface area contributed by atoms with Gasteiger partial charge in [0.2, 0.25) is 0 Å². The Labute approximate surface area is 86.1 Å². The molecule has 2 heterocycles. The van der Waals surface area contributed by atoms with E-state index in [9.17, 15) is 4.79 Å². The molecule has 76 valence electrons. The maximum absolute atomic E-state index is 11.3. The first-order valence-electron chi connectivity index (χ1n) is 5.05. The van der Waals surface area contributed by atoms with Crippen molar-refractivity contribution in [3.8, 4) is 0 Å². The number of carbonyl (C=O) groups excluding carboxylic acids is 1. The molecule has 3 heteroatoms. The van der Waals surface area contributed by atoms with Crippen LogP contribution in [0.1, 0.15) is 39.0 Å². The number of hydrogen-bond acceptors (Lipinski definition) is 2. The lowest BCUT2D eigenvalue weighted by molar-refractivity contribution is -0.125. The van der Waals surface area contributed by atoms with E-state index in [4.69, 9.17) is 0 Å². The smallest absolute Gasteiger partial charge is 0.136 e. The van der Waals surface area contributed by atoms with Crippen molar-refractivity contribution in [2.24, 2.45) is 0 Å². The number of ketones is 1. The molecule has 0 aromatic carbocycles. The number of halogens is 1. The topological polar surface area (TPSA) is 20.3 Å². The van der Waals surface area contributed by atoms with Crippen LogP contribution in [-0.4, -0.2) is 29.3 Å². The van der Waals surface area contributed by atoms with Gasteiger partial charge in [-0.25, -0.2) is 0 Å². The van der Waals surface area contributed by atoms with Crippen LogP contribution >= 0.6 is 12.4 Å². The molecule has 2 aliphatic heterocycles. The predicted molar refractivity (Wildman–Crippen MR) is 55.3 cm³/mol. The van der Waals surface area contributed by atoms with E-state index in [1.807, 2.05) is 0 Å². The van der Waals surface area contributed by atoms with Crippen LogP contribution in [0.4, 0.5) is 0 Å². The zero-order valence-corrected chi connectivity index (χ0v) is 8.98. The second-order valence-corrected chi connectivity index (χ2v) is 4.18. The zero-order chi connectivity index (χ0) is 8.55.